The molecule has 0 fully saturated rings. The van der Waals surface area contributed by atoms with Gasteiger partial charge < -0.3 is 23.8 Å². The molecule has 4 heterocycles. The molecule has 2 aliphatic heterocycles. The van der Waals surface area contributed by atoms with Crippen molar-refractivity contribution in [2.75, 3.05) is 14.7 Å². The Morgan fingerprint density at radius 2 is 0.491 bits per heavy atom. The van der Waals surface area contributed by atoms with Crippen LogP contribution in [-0.4, -0.2) is 15.8 Å². The van der Waals surface area contributed by atoms with Gasteiger partial charge in [-0.05, 0) is 260 Å². The van der Waals surface area contributed by atoms with E-state index in [1.807, 2.05) is 0 Å². The number of nitrogens with zero attached hydrogens (tertiary/aromatic N) is 5. The number of aromatic nitrogens is 2. The topological polar surface area (TPSA) is 19.6 Å². The lowest BCUT2D eigenvalue weighted by Crippen LogP contribution is -2.61. The van der Waals surface area contributed by atoms with Crippen molar-refractivity contribution in [2.24, 2.45) is 0 Å². The van der Waals surface area contributed by atoms with Crippen LogP contribution in [0.3, 0.4) is 0 Å². The molecular weight excluding hydrogens is 1400 g/mol. The summed E-state index contributed by atoms with van der Waals surface area (Å²) in [7, 11) is 0. The van der Waals surface area contributed by atoms with Crippen LogP contribution < -0.4 is 31.1 Å². The summed E-state index contributed by atoms with van der Waals surface area (Å²) in [4.78, 5) is 7.95. The number of hydrogen-bond donors (Lipinski definition) is 0. The molecule has 6 heteroatoms. The molecule has 116 heavy (non-hydrogen) atoms. The Balaban J connectivity index is 1.04. The van der Waals surface area contributed by atoms with E-state index in [2.05, 4.69) is 457 Å². The standard InChI is InChI=1S/C110H116BN5/c1-103(2,3)73-39-51-94-88(61-73)89-62-74(104(4,5)6)40-52-95(89)113(94)83-47-49-92-98(65-83)115(85-57-77(107(13,14)15)55-78(58-85)108(16,17)18)100-67-87(112(81-43-35-71(36-44-81)69-31-27-25-28-32-69)82-45-37-72(38-46-82)70-33-29-26-30-34-70)68-101-102(100)111(92)93-50-48-84(66-99(93)116(101)86-59-79(109(19,20)21)56-80(60-86)110(22,23)24)114-96-53-41-75(105(7,8)9)63-90(96)91-64-76(106(10,11)12)42-54-97(91)114/h25-68H,1-24H3. The van der Waals surface area contributed by atoms with Crippen molar-refractivity contribution >= 4 is 118 Å². The summed E-state index contributed by atoms with van der Waals surface area (Å²) in [5.41, 5.74) is 34.8. The van der Waals surface area contributed by atoms with Crippen molar-refractivity contribution in [3.63, 3.8) is 0 Å². The van der Waals surface area contributed by atoms with E-state index in [4.69, 9.17) is 0 Å². The smallest absolute Gasteiger partial charge is 0.252 e. The Bertz CT molecular complexity index is 5790. The maximum atomic E-state index is 2.71. The molecule has 0 unspecified atom stereocenters. The van der Waals surface area contributed by atoms with E-state index in [1.165, 1.54) is 116 Å². The van der Waals surface area contributed by atoms with Gasteiger partial charge in [0.2, 0.25) is 0 Å². The van der Waals surface area contributed by atoms with Crippen LogP contribution in [0.15, 0.2) is 267 Å². The average Bonchev–Trinajstić information content (AvgIpc) is 0.736. The first-order valence-corrected chi connectivity index (χ1v) is 42.2. The van der Waals surface area contributed by atoms with E-state index < -0.39 is 0 Å². The molecule has 15 aromatic rings. The lowest BCUT2D eigenvalue weighted by atomic mass is 9.33. The van der Waals surface area contributed by atoms with Gasteiger partial charge in [0.05, 0.1) is 27.8 Å². The zero-order chi connectivity index (χ0) is 82.2. The molecule has 17 rings (SSSR count). The quantitative estimate of drug-likeness (QED) is 0.134. The van der Waals surface area contributed by atoms with E-state index in [-0.39, 0.29) is 50.0 Å². The fourth-order valence-corrected chi connectivity index (χ4v) is 17.9. The Labute approximate surface area is 691 Å². The van der Waals surface area contributed by atoms with Crippen molar-refractivity contribution in [1.29, 1.82) is 0 Å². The predicted octanol–water partition coefficient (Wildman–Crippen LogP) is 29.1. The number of fused-ring (bicyclic) bond motifs is 10. The maximum Gasteiger partial charge on any atom is 0.252 e. The van der Waals surface area contributed by atoms with Crippen LogP contribution in [0.1, 0.15) is 211 Å². The van der Waals surface area contributed by atoms with Crippen LogP contribution in [0.5, 0.6) is 0 Å². The molecule has 5 nitrogen and oxygen atoms in total. The predicted molar refractivity (Wildman–Crippen MR) is 504 cm³/mol. The Hall–Kier alpha value is -11.1. The van der Waals surface area contributed by atoms with Crippen molar-refractivity contribution in [3.8, 4) is 33.6 Å². The van der Waals surface area contributed by atoms with Crippen molar-refractivity contribution in [3.05, 3.63) is 311 Å². The lowest BCUT2D eigenvalue weighted by Gasteiger charge is -2.46. The average molecular weight is 1520 g/mol. The van der Waals surface area contributed by atoms with E-state index >= 15 is 0 Å². The van der Waals surface area contributed by atoms with Gasteiger partial charge in [0.15, 0.2) is 0 Å². The monoisotopic (exact) mass is 1520 g/mol. The minimum absolute atomic E-state index is 0.0609. The zero-order valence-electron chi connectivity index (χ0n) is 73.2. The molecule has 0 N–H and O–H groups in total. The molecule has 0 aliphatic carbocycles. The Morgan fingerprint density at radius 1 is 0.216 bits per heavy atom. The molecule has 0 amide bonds. The summed E-state index contributed by atoms with van der Waals surface area (Å²) in [6, 6.07) is 105. The molecule has 0 radical (unpaired) electrons. The molecule has 0 saturated carbocycles. The highest BCUT2D eigenvalue weighted by Crippen LogP contribution is 2.53. The van der Waals surface area contributed by atoms with Gasteiger partial charge in [-0.25, -0.2) is 0 Å². The van der Waals surface area contributed by atoms with Gasteiger partial charge in [0.25, 0.3) is 6.71 Å². The minimum Gasteiger partial charge on any atom is -0.311 e. The number of anilines is 9. The van der Waals surface area contributed by atoms with Crippen LogP contribution in [0.25, 0.3) is 77.2 Å². The molecular formula is C110H116BN5. The maximum absolute atomic E-state index is 2.71. The molecule has 584 valence electrons. The van der Waals surface area contributed by atoms with Crippen LogP contribution >= 0.6 is 0 Å². The highest BCUT2D eigenvalue weighted by molar-refractivity contribution is 7.00. The highest BCUT2D eigenvalue weighted by Gasteiger charge is 2.46. The first-order valence-electron chi connectivity index (χ1n) is 42.2. The van der Waals surface area contributed by atoms with Crippen molar-refractivity contribution < 1.29 is 0 Å². The van der Waals surface area contributed by atoms with Crippen LogP contribution in [0, 0.1) is 0 Å². The lowest BCUT2D eigenvalue weighted by molar-refractivity contribution is 0.568. The van der Waals surface area contributed by atoms with E-state index in [0.29, 0.717) is 0 Å². The summed E-state index contributed by atoms with van der Waals surface area (Å²) in [5.74, 6) is 0. The summed E-state index contributed by atoms with van der Waals surface area (Å²) in [6.07, 6.45) is 0. The minimum atomic E-state index is -0.247. The molecule has 0 bridgehead atoms. The van der Waals surface area contributed by atoms with Gasteiger partial charge in [0, 0.05) is 78.4 Å². The van der Waals surface area contributed by atoms with Gasteiger partial charge in [0.1, 0.15) is 0 Å². The fourth-order valence-electron chi connectivity index (χ4n) is 17.9. The normalized spacial score (nSPS) is 13.6. The second kappa shape index (κ2) is 27.3. The molecule has 0 atom stereocenters. The third-order valence-corrected chi connectivity index (χ3v) is 25.1. The first kappa shape index (κ1) is 77.5. The van der Waals surface area contributed by atoms with Crippen molar-refractivity contribution in [1.82, 2.24) is 9.13 Å². The summed E-state index contributed by atoms with van der Waals surface area (Å²) in [6.45, 7) is 56.4. The molecule has 13 aromatic carbocycles. The zero-order valence-corrected chi connectivity index (χ0v) is 73.2. The number of rotatable bonds is 9. The third kappa shape index (κ3) is 13.7. The van der Waals surface area contributed by atoms with Gasteiger partial charge >= 0.3 is 0 Å². The SMILES string of the molecule is CC(C)(C)c1cc(N2c3cc(-n4c5ccc(C(C)(C)C)cc5c5cc(C(C)(C)C)ccc54)ccc3B3c4ccc(-n5c6ccc(C(C)(C)C)cc6c6cc(C(C)(C)C)ccc65)cc4N(c4cc(C(C)(C)C)cc(C(C)(C)C)c4)c4cc(N(c5ccc(-c6ccccc6)cc5)c5ccc(-c6ccccc6)cc5)cc2c43)cc(C(C)(C)C)c1. The summed E-state index contributed by atoms with van der Waals surface area (Å²) >= 11 is 0. The summed E-state index contributed by atoms with van der Waals surface area (Å²) in [5, 5.41) is 5.07. The molecule has 2 aromatic heterocycles. The Kier molecular flexibility index (Phi) is 18.2. The van der Waals surface area contributed by atoms with Crippen LogP contribution in [0.4, 0.5) is 51.2 Å². The summed E-state index contributed by atoms with van der Waals surface area (Å²) < 4.78 is 5.15. The van der Waals surface area contributed by atoms with Gasteiger partial charge in [-0.2, -0.15) is 0 Å². The Morgan fingerprint density at radius 3 is 0.767 bits per heavy atom. The number of benzene rings is 13. The number of hydrogen-bond acceptors (Lipinski definition) is 3. The molecule has 0 saturated heterocycles. The van der Waals surface area contributed by atoms with Gasteiger partial charge in [-0.1, -0.05) is 300 Å². The highest BCUT2D eigenvalue weighted by atomic mass is 15.2. The third-order valence-electron chi connectivity index (χ3n) is 25.1. The van der Waals surface area contributed by atoms with E-state index in [0.717, 1.165) is 73.7 Å². The van der Waals surface area contributed by atoms with E-state index in [1.54, 1.807) is 0 Å². The van der Waals surface area contributed by atoms with Gasteiger partial charge in [-0.3, -0.25) is 0 Å². The second-order valence-corrected chi connectivity index (χ2v) is 41.8. The van der Waals surface area contributed by atoms with Crippen LogP contribution in [-0.2, 0) is 43.3 Å². The second-order valence-electron chi connectivity index (χ2n) is 41.8. The fraction of sp³-hybridized carbons (Fsp3) is 0.291. The van der Waals surface area contributed by atoms with Crippen molar-refractivity contribution in [2.45, 2.75) is 209 Å². The molecule has 0 spiro atoms. The largest absolute Gasteiger partial charge is 0.311 e. The van der Waals surface area contributed by atoms with Crippen LogP contribution in [0.2, 0.25) is 0 Å². The van der Waals surface area contributed by atoms with Gasteiger partial charge in [-0.15, -0.1) is 0 Å². The first-order chi connectivity index (χ1) is 54.5. The molecule has 2 aliphatic rings. The van der Waals surface area contributed by atoms with E-state index in [9.17, 15) is 0 Å².